The van der Waals surface area contributed by atoms with E-state index < -0.39 is 0 Å². The van der Waals surface area contributed by atoms with Crippen molar-refractivity contribution in [2.45, 2.75) is 53.4 Å². The van der Waals surface area contributed by atoms with Crippen molar-refractivity contribution in [3.05, 3.63) is 12.2 Å². The van der Waals surface area contributed by atoms with Crippen LogP contribution in [0.1, 0.15) is 53.4 Å². The maximum absolute atomic E-state index is 4.04. The van der Waals surface area contributed by atoms with Gasteiger partial charge in [0.1, 0.15) is 0 Å². The third kappa shape index (κ3) is 7.35. The third-order valence-corrected chi connectivity index (χ3v) is 2.94. The molecule has 1 atom stereocenters. The van der Waals surface area contributed by atoms with Gasteiger partial charge in [0.15, 0.2) is 0 Å². The maximum atomic E-state index is 4.04. The number of rotatable bonds is 7. The normalized spacial score (nSPS) is 15.3. The van der Waals surface area contributed by atoms with E-state index in [1.807, 2.05) is 13.3 Å². The minimum Gasteiger partial charge on any atom is -0.301 e. The summed E-state index contributed by atoms with van der Waals surface area (Å²) in [5.74, 6) is 0.739. The van der Waals surface area contributed by atoms with Crippen LogP contribution in [-0.2, 0) is 0 Å². The first-order chi connectivity index (χ1) is 7.05. The lowest BCUT2D eigenvalue weighted by Gasteiger charge is -2.27. The van der Waals surface area contributed by atoms with Crippen molar-refractivity contribution < 1.29 is 0 Å². The van der Waals surface area contributed by atoms with Crippen LogP contribution in [0, 0.1) is 11.3 Å². The molecule has 0 fully saturated rings. The fraction of sp³-hybridized carbons (Fsp3) is 0.786. The summed E-state index contributed by atoms with van der Waals surface area (Å²) in [7, 11) is 1.85. The molecule has 0 aromatic carbocycles. The Morgan fingerprint density at radius 2 is 2.00 bits per heavy atom. The Morgan fingerprint density at radius 3 is 2.47 bits per heavy atom. The largest absolute Gasteiger partial charge is 0.301 e. The fourth-order valence-electron chi connectivity index (χ4n) is 2.02. The minimum absolute atomic E-state index is 0.432. The lowest BCUT2D eigenvalue weighted by molar-refractivity contribution is 0.272. The fourth-order valence-corrected chi connectivity index (χ4v) is 2.02. The number of hydrogen-bond donors (Lipinski definition) is 0. The molecule has 0 aliphatic rings. The van der Waals surface area contributed by atoms with Crippen LogP contribution in [0.25, 0.3) is 0 Å². The summed E-state index contributed by atoms with van der Waals surface area (Å²) in [6, 6.07) is 0. The summed E-state index contributed by atoms with van der Waals surface area (Å²) in [4.78, 5) is 4.04. The number of hydrogen-bond acceptors (Lipinski definition) is 1. The SMILES string of the molecule is C/C=C/C(CC)CC(C)(C)CCC=NC. The standard InChI is InChI=1S/C14H27N/c1-6-9-13(7-2)12-14(3,4)10-8-11-15-5/h6,9,11,13H,7-8,10,12H2,1-5H3/b9-6+,15-11?. The first-order valence-corrected chi connectivity index (χ1v) is 6.09. The molecular formula is C14H27N. The molecule has 1 heteroatoms. The number of aliphatic imine (C=N–C) groups is 1. The van der Waals surface area contributed by atoms with Crippen molar-refractivity contribution in [3.63, 3.8) is 0 Å². The van der Waals surface area contributed by atoms with Crippen molar-refractivity contribution in [2.75, 3.05) is 7.05 Å². The van der Waals surface area contributed by atoms with Crippen molar-refractivity contribution in [1.29, 1.82) is 0 Å². The first kappa shape index (κ1) is 14.4. The van der Waals surface area contributed by atoms with Gasteiger partial charge in [0.05, 0.1) is 0 Å². The van der Waals surface area contributed by atoms with E-state index >= 15 is 0 Å². The molecule has 88 valence electrons. The van der Waals surface area contributed by atoms with Gasteiger partial charge in [-0.1, -0.05) is 32.9 Å². The Labute approximate surface area is 95.7 Å². The second-order valence-corrected chi connectivity index (χ2v) is 5.04. The zero-order chi connectivity index (χ0) is 11.7. The van der Waals surface area contributed by atoms with E-state index in [4.69, 9.17) is 0 Å². The van der Waals surface area contributed by atoms with E-state index in [9.17, 15) is 0 Å². The predicted octanol–water partition coefficient (Wildman–Crippen LogP) is 4.49. The van der Waals surface area contributed by atoms with Crippen LogP contribution in [0.4, 0.5) is 0 Å². The quantitative estimate of drug-likeness (QED) is 0.433. The lowest BCUT2D eigenvalue weighted by atomic mass is 9.78. The van der Waals surface area contributed by atoms with E-state index in [0.29, 0.717) is 5.41 Å². The summed E-state index contributed by atoms with van der Waals surface area (Å²) < 4.78 is 0. The van der Waals surface area contributed by atoms with Gasteiger partial charge in [0.2, 0.25) is 0 Å². The molecule has 0 N–H and O–H groups in total. The zero-order valence-electron chi connectivity index (χ0n) is 11.1. The van der Waals surface area contributed by atoms with Crippen molar-refractivity contribution in [3.8, 4) is 0 Å². The second kappa shape index (κ2) is 7.67. The average Bonchev–Trinajstić information content (AvgIpc) is 2.17. The zero-order valence-corrected chi connectivity index (χ0v) is 11.1. The molecule has 0 saturated heterocycles. The van der Waals surface area contributed by atoms with Gasteiger partial charge in [-0.25, -0.2) is 0 Å². The van der Waals surface area contributed by atoms with Crippen molar-refractivity contribution in [2.24, 2.45) is 16.3 Å². The molecule has 1 unspecified atom stereocenters. The van der Waals surface area contributed by atoms with E-state index in [2.05, 4.69) is 44.8 Å². The van der Waals surface area contributed by atoms with Crippen LogP contribution in [0.3, 0.4) is 0 Å². The van der Waals surface area contributed by atoms with Crippen LogP contribution in [0.5, 0.6) is 0 Å². The highest BCUT2D eigenvalue weighted by molar-refractivity contribution is 5.56. The highest BCUT2D eigenvalue weighted by Gasteiger charge is 2.20. The van der Waals surface area contributed by atoms with Gasteiger partial charge >= 0.3 is 0 Å². The van der Waals surface area contributed by atoms with Crippen LogP contribution in [0.2, 0.25) is 0 Å². The first-order valence-electron chi connectivity index (χ1n) is 6.09. The van der Waals surface area contributed by atoms with Crippen LogP contribution in [-0.4, -0.2) is 13.3 Å². The van der Waals surface area contributed by atoms with Crippen LogP contribution < -0.4 is 0 Å². The summed E-state index contributed by atoms with van der Waals surface area (Å²) in [5, 5.41) is 0. The molecule has 0 saturated carbocycles. The Morgan fingerprint density at radius 1 is 1.33 bits per heavy atom. The average molecular weight is 209 g/mol. The van der Waals surface area contributed by atoms with Gasteiger partial charge < -0.3 is 4.99 Å². The molecular weight excluding hydrogens is 182 g/mol. The summed E-state index contributed by atoms with van der Waals surface area (Å²) in [6.07, 6.45) is 11.4. The third-order valence-electron chi connectivity index (χ3n) is 2.94. The summed E-state index contributed by atoms with van der Waals surface area (Å²) in [6.45, 7) is 9.11. The number of nitrogens with zero attached hydrogens (tertiary/aromatic N) is 1. The molecule has 0 bridgehead atoms. The molecule has 0 rings (SSSR count). The molecule has 0 heterocycles. The summed E-state index contributed by atoms with van der Waals surface area (Å²) in [5.41, 5.74) is 0.432. The van der Waals surface area contributed by atoms with Gasteiger partial charge in [0.25, 0.3) is 0 Å². The predicted molar refractivity (Wildman–Crippen MR) is 70.6 cm³/mol. The Balaban J connectivity index is 4.08. The highest BCUT2D eigenvalue weighted by Crippen LogP contribution is 2.32. The molecule has 0 aliphatic carbocycles. The Bertz CT molecular complexity index is 201. The van der Waals surface area contributed by atoms with E-state index in [1.54, 1.807) is 0 Å². The topological polar surface area (TPSA) is 12.4 Å². The minimum atomic E-state index is 0.432. The van der Waals surface area contributed by atoms with E-state index in [0.717, 1.165) is 12.3 Å². The van der Waals surface area contributed by atoms with Crippen molar-refractivity contribution >= 4 is 6.21 Å². The van der Waals surface area contributed by atoms with Gasteiger partial charge in [-0.05, 0) is 50.2 Å². The second-order valence-electron chi connectivity index (χ2n) is 5.04. The smallest absolute Gasteiger partial charge is 0.0273 e. The van der Waals surface area contributed by atoms with E-state index in [-0.39, 0.29) is 0 Å². The lowest BCUT2D eigenvalue weighted by Crippen LogP contribution is -2.16. The Kier molecular flexibility index (Phi) is 7.37. The van der Waals surface area contributed by atoms with Gasteiger partial charge in [-0.3, -0.25) is 0 Å². The van der Waals surface area contributed by atoms with Crippen molar-refractivity contribution in [1.82, 2.24) is 0 Å². The van der Waals surface area contributed by atoms with Crippen LogP contribution >= 0.6 is 0 Å². The van der Waals surface area contributed by atoms with Crippen LogP contribution in [0.15, 0.2) is 17.1 Å². The molecule has 0 spiro atoms. The van der Waals surface area contributed by atoms with Gasteiger partial charge in [-0.2, -0.15) is 0 Å². The molecule has 1 nitrogen and oxygen atoms in total. The number of allylic oxidation sites excluding steroid dienone is 2. The summed E-state index contributed by atoms with van der Waals surface area (Å²) >= 11 is 0. The molecule has 15 heavy (non-hydrogen) atoms. The molecule has 0 aromatic heterocycles. The van der Waals surface area contributed by atoms with E-state index in [1.165, 1.54) is 19.3 Å². The monoisotopic (exact) mass is 209 g/mol. The highest BCUT2D eigenvalue weighted by atomic mass is 14.6. The Hall–Kier alpha value is -0.590. The molecule has 0 aromatic rings. The maximum Gasteiger partial charge on any atom is 0.0273 e. The molecule has 0 amide bonds. The molecule has 0 aliphatic heterocycles. The van der Waals surface area contributed by atoms with Gasteiger partial charge in [0, 0.05) is 7.05 Å². The van der Waals surface area contributed by atoms with Gasteiger partial charge in [-0.15, -0.1) is 0 Å². The molecule has 0 radical (unpaired) electrons.